The second-order valence-corrected chi connectivity index (χ2v) is 6.72. The van der Waals surface area contributed by atoms with Crippen molar-refractivity contribution in [2.45, 2.75) is 46.3 Å². The van der Waals surface area contributed by atoms with Crippen LogP contribution in [-0.4, -0.2) is 35.1 Å². The molecular formula is C13H23N3S. The molecule has 1 aromatic rings. The van der Waals surface area contributed by atoms with Crippen LogP contribution in [-0.2, 0) is 6.54 Å². The number of nitrogens with one attached hydrogen (secondary N) is 1. The molecule has 0 radical (unpaired) electrons. The lowest BCUT2D eigenvalue weighted by atomic mass is 10.00. The summed E-state index contributed by atoms with van der Waals surface area (Å²) in [6.45, 7) is 12.2. The van der Waals surface area contributed by atoms with Crippen LogP contribution in [0.1, 0.15) is 30.7 Å². The molecule has 0 amide bonds. The number of nitrogens with zero attached hydrogens (tertiary/aromatic N) is 2. The van der Waals surface area contributed by atoms with Crippen LogP contribution >= 0.6 is 11.3 Å². The average molecular weight is 253 g/mol. The van der Waals surface area contributed by atoms with Crippen molar-refractivity contribution in [2.24, 2.45) is 5.92 Å². The topological polar surface area (TPSA) is 28.2 Å². The molecule has 96 valence electrons. The first-order chi connectivity index (χ1) is 8.06. The Morgan fingerprint density at radius 3 is 2.94 bits per heavy atom. The maximum absolute atomic E-state index is 4.47. The van der Waals surface area contributed by atoms with Crippen LogP contribution in [0, 0.1) is 12.8 Å². The molecule has 0 spiro atoms. The summed E-state index contributed by atoms with van der Waals surface area (Å²) < 4.78 is 0. The van der Waals surface area contributed by atoms with Crippen LogP contribution in [0.15, 0.2) is 6.20 Å². The van der Waals surface area contributed by atoms with Gasteiger partial charge in [0.15, 0.2) is 0 Å². The molecule has 1 aliphatic heterocycles. The first kappa shape index (κ1) is 13.0. The van der Waals surface area contributed by atoms with Gasteiger partial charge >= 0.3 is 0 Å². The van der Waals surface area contributed by atoms with Crippen LogP contribution in [0.5, 0.6) is 0 Å². The predicted octanol–water partition coefficient (Wildman–Crippen LogP) is 2.27. The van der Waals surface area contributed by atoms with Gasteiger partial charge in [0, 0.05) is 36.2 Å². The maximum Gasteiger partial charge on any atom is 0.107 e. The number of thiazole rings is 1. The lowest BCUT2D eigenvalue weighted by Crippen LogP contribution is -2.56. The van der Waals surface area contributed by atoms with E-state index in [0.29, 0.717) is 18.0 Å². The Kier molecular flexibility index (Phi) is 4.17. The number of aryl methyl sites for hydroxylation is 1. The maximum atomic E-state index is 4.47. The van der Waals surface area contributed by atoms with Crippen LogP contribution in [0.3, 0.4) is 0 Å². The van der Waals surface area contributed by atoms with Crippen LogP contribution in [0.4, 0.5) is 0 Å². The average Bonchev–Trinajstić information content (AvgIpc) is 2.67. The minimum atomic E-state index is 0.606. The minimum Gasteiger partial charge on any atom is -0.311 e. The summed E-state index contributed by atoms with van der Waals surface area (Å²) in [5, 5.41) is 4.88. The second-order valence-electron chi connectivity index (χ2n) is 5.40. The van der Waals surface area contributed by atoms with Gasteiger partial charge in [-0.1, -0.05) is 13.8 Å². The number of hydrogen-bond acceptors (Lipinski definition) is 4. The molecule has 4 heteroatoms. The number of piperazine rings is 1. The highest BCUT2D eigenvalue weighted by atomic mass is 32.1. The molecule has 2 rings (SSSR count). The molecule has 1 saturated heterocycles. The Balaban J connectivity index is 1.98. The van der Waals surface area contributed by atoms with Crippen molar-refractivity contribution in [3.8, 4) is 0 Å². The van der Waals surface area contributed by atoms with Gasteiger partial charge in [0.25, 0.3) is 0 Å². The number of aromatic nitrogens is 1. The van der Waals surface area contributed by atoms with E-state index >= 15 is 0 Å². The van der Waals surface area contributed by atoms with Gasteiger partial charge in [0.2, 0.25) is 0 Å². The quantitative estimate of drug-likeness (QED) is 0.895. The fourth-order valence-electron chi connectivity index (χ4n) is 2.26. The zero-order valence-electron chi connectivity index (χ0n) is 11.2. The third-order valence-corrected chi connectivity index (χ3v) is 4.44. The SMILES string of the molecule is Cc1cnc(CN2CC(C(C)C)NCC2C)s1. The zero-order valence-corrected chi connectivity index (χ0v) is 12.0. The molecule has 1 fully saturated rings. The Morgan fingerprint density at radius 1 is 1.59 bits per heavy atom. The van der Waals surface area contributed by atoms with E-state index in [0.717, 1.165) is 19.6 Å². The molecule has 2 atom stereocenters. The number of rotatable bonds is 3. The van der Waals surface area contributed by atoms with E-state index in [-0.39, 0.29) is 0 Å². The molecule has 3 nitrogen and oxygen atoms in total. The summed E-state index contributed by atoms with van der Waals surface area (Å²) in [4.78, 5) is 8.33. The van der Waals surface area contributed by atoms with Crippen molar-refractivity contribution < 1.29 is 0 Å². The smallest absolute Gasteiger partial charge is 0.107 e. The Hall–Kier alpha value is -0.450. The Morgan fingerprint density at radius 2 is 2.35 bits per heavy atom. The van der Waals surface area contributed by atoms with Crippen molar-refractivity contribution in [2.75, 3.05) is 13.1 Å². The fourth-order valence-corrected chi connectivity index (χ4v) is 3.08. The molecule has 1 N–H and O–H groups in total. The third kappa shape index (κ3) is 3.27. The molecule has 2 heterocycles. The van der Waals surface area contributed by atoms with Gasteiger partial charge < -0.3 is 5.32 Å². The highest BCUT2D eigenvalue weighted by molar-refractivity contribution is 7.11. The summed E-state index contributed by atoms with van der Waals surface area (Å²) in [6.07, 6.45) is 1.98. The van der Waals surface area contributed by atoms with E-state index in [1.165, 1.54) is 9.88 Å². The van der Waals surface area contributed by atoms with Gasteiger partial charge in [0.05, 0.1) is 6.54 Å². The molecule has 2 unspecified atom stereocenters. The van der Waals surface area contributed by atoms with Crippen LogP contribution < -0.4 is 5.32 Å². The van der Waals surface area contributed by atoms with E-state index in [9.17, 15) is 0 Å². The van der Waals surface area contributed by atoms with Gasteiger partial charge in [-0.25, -0.2) is 4.98 Å². The lowest BCUT2D eigenvalue weighted by Gasteiger charge is -2.40. The summed E-state index contributed by atoms with van der Waals surface area (Å²) in [5.74, 6) is 0.697. The van der Waals surface area contributed by atoms with Gasteiger partial charge in [0.1, 0.15) is 5.01 Å². The van der Waals surface area contributed by atoms with E-state index in [2.05, 4.69) is 42.9 Å². The number of hydrogen-bond donors (Lipinski definition) is 1. The second kappa shape index (κ2) is 5.46. The zero-order chi connectivity index (χ0) is 12.4. The summed E-state index contributed by atoms with van der Waals surface area (Å²) >= 11 is 1.82. The van der Waals surface area contributed by atoms with Gasteiger partial charge in [-0.05, 0) is 19.8 Å². The van der Waals surface area contributed by atoms with Gasteiger partial charge in [-0.15, -0.1) is 11.3 Å². The summed E-state index contributed by atoms with van der Waals surface area (Å²) in [6, 6.07) is 1.22. The highest BCUT2D eigenvalue weighted by Gasteiger charge is 2.27. The molecule has 1 aliphatic rings. The lowest BCUT2D eigenvalue weighted by molar-refractivity contribution is 0.116. The molecule has 0 bridgehead atoms. The predicted molar refractivity (Wildman–Crippen MR) is 73.4 cm³/mol. The summed E-state index contributed by atoms with van der Waals surface area (Å²) in [5.41, 5.74) is 0. The Labute approximate surface area is 108 Å². The first-order valence-corrected chi connectivity index (χ1v) is 7.26. The van der Waals surface area contributed by atoms with Crippen molar-refractivity contribution in [1.29, 1.82) is 0 Å². The van der Waals surface area contributed by atoms with E-state index in [1.54, 1.807) is 0 Å². The van der Waals surface area contributed by atoms with Crippen molar-refractivity contribution in [3.63, 3.8) is 0 Å². The minimum absolute atomic E-state index is 0.606. The molecule has 17 heavy (non-hydrogen) atoms. The van der Waals surface area contributed by atoms with Gasteiger partial charge in [-0.3, -0.25) is 4.90 Å². The fraction of sp³-hybridized carbons (Fsp3) is 0.769. The molecule has 0 aromatic carbocycles. The molecule has 1 aromatic heterocycles. The van der Waals surface area contributed by atoms with E-state index < -0.39 is 0 Å². The Bertz CT molecular complexity index is 361. The van der Waals surface area contributed by atoms with Gasteiger partial charge in [-0.2, -0.15) is 0 Å². The van der Waals surface area contributed by atoms with Crippen molar-refractivity contribution >= 4 is 11.3 Å². The van der Waals surface area contributed by atoms with Crippen LogP contribution in [0.2, 0.25) is 0 Å². The summed E-state index contributed by atoms with van der Waals surface area (Å²) in [7, 11) is 0. The molecule has 0 saturated carbocycles. The van der Waals surface area contributed by atoms with Crippen LogP contribution in [0.25, 0.3) is 0 Å². The third-order valence-electron chi connectivity index (χ3n) is 3.54. The largest absolute Gasteiger partial charge is 0.311 e. The first-order valence-electron chi connectivity index (χ1n) is 6.45. The van der Waals surface area contributed by atoms with Crippen molar-refractivity contribution in [1.82, 2.24) is 15.2 Å². The van der Waals surface area contributed by atoms with E-state index in [4.69, 9.17) is 0 Å². The molecule has 0 aliphatic carbocycles. The normalized spacial score (nSPS) is 26.6. The van der Waals surface area contributed by atoms with Crippen molar-refractivity contribution in [3.05, 3.63) is 16.1 Å². The highest BCUT2D eigenvalue weighted by Crippen LogP contribution is 2.18. The molecular weight excluding hydrogens is 230 g/mol. The van der Waals surface area contributed by atoms with E-state index in [1.807, 2.05) is 17.5 Å². The standard InChI is InChI=1S/C13H23N3S/c1-9(2)12-7-16(10(3)5-14-12)8-13-15-6-11(4)17-13/h6,9-10,12,14H,5,7-8H2,1-4H3. The monoisotopic (exact) mass is 253 g/mol.